The molecule has 0 N–H and O–H groups in total. The van der Waals surface area contributed by atoms with Crippen molar-refractivity contribution in [2.24, 2.45) is 11.8 Å². The zero-order valence-corrected chi connectivity index (χ0v) is 9.64. The number of fused-ring (bicyclic) bond motifs is 2. The average molecular weight is 315 g/mol. The van der Waals surface area contributed by atoms with Gasteiger partial charge in [-0.25, -0.2) is 0 Å². The summed E-state index contributed by atoms with van der Waals surface area (Å²) in [6, 6.07) is 0. The van der Waals surface area contributed by atoms with E-state index in [1.165, 1.54) is 25.7 Å². The third-order valence-electron chi connectivity index (χ3n) is 2.99. The Morgan fingerprint density at radius 1 is 1.10 bits per heavy atom. The summed E-state index contributed by atoms with van der Waals surface area (Å²) in [5.41, 5.74) is 0. The van der Waals surface area contributed by atoms with E-state index in [0.717, 1.165) is 20.6 Å². The van der Waals surface area contributed by atoms with E-state index in [4.69, 9.17) is 0 Å². The van der Waals surface area contributed by atoms with Crippen LogP contribution in [0.15, 0.2) is 0 Å². The second kappa shape index (κ2) is 2.92. The molecule has 2 bridgehead atoms. The van der Waals surface area contributed by atoms with Crippen molar-refractivity contribution in [3.8, 4) is 0 Å². The first-order chi connectivity index (χ1) is 4.77. The van der Waals surface area contributed by atoms with E-state index in [0.29, 0.717) is 0 Å². The number of hydrogen-bond acceptors (Lipinski definition) is 0. The number of halogens is 2. The van der Waals surface area contributed by atoms with E-state index in [2.05, 4.69) is 38.5 Å². The van der Waals surface area contributed by atoms with Crippen molar-refractivity contribution in [3.63, 3.8) is 0 Å². The van der Waals surface area contributed by atoms with E-state index in [1.54, 1.807) is 0 Å². The SMILES string of the molecule is BrC1CC(I)C2CCC1C2. The van der Waals surface area contributed by atoms with Crippen LogP contribution >= 0.6 is 38.5 Å². The van der Waals surface area contributed by atoms with Crippen LogP contribution in [0.2, 0.25) is 0 Å². The van der Waals surface area contributed by atoms with E-state index < -0.39 is 0 Å². The molecule has 2 rings (SSSR count). The van der Waals surface area contributed by atoms with Crippen LogP contribution in [0.3, 0.4) is 0 Å². The zero-order chi connectivity index (χ0) is 7.14. The Bertz CT molecular complexity index is 123. The fraction of sp³-hybridized carbons (Fsp3) is 1.00. The fourth-order valence-electron chi connectivity index (χ4n) is 2.31. The summed E-state index contributed by atoms with van der Waals surface area (Å²) in [6.07, 6.45) is 5.90. The maximum absolute atomic E-state index is 3.78. The van der Waals surface area contributed by atoms with Crippen LogP contribution in [0.1, 0.15) is 25.7 Å². The van der Waals surface area contributed by atoms with Gasteiger partial charge >= 0.3 is 0 Å². The van der Waals surface area contributed by atoms with Crippen LogP contribution in [-0.4, -0.2) is 8.75 Å². The van der Waals surface area contributed by atoms with Gasteiger partial charge in [0.15, 0.2) is 0 Å². The predicted octanol–water partition coefficient (Wildman–Crippen LogP) is 3.37. The lowest BCUT2D eigenvalue weighted by Gasteiger charge is -2.28. The van der Waals surface area contributed by atoms with Gasteiger partial charge in [-0.05, 0) is 37.5 Å². The average Bonchev–Trinajstić information content (AvgIpc) is 2.28. The van der Waals surface area contributed by atoms with Crippen molar-refractivity contribution in [3.05, 3.63) is 0 Å². The highest BCUT2D eigenvalue weighted by Gasteiger charge is 2.39. The Labute approximate surface area is 84.4 Å². The smallest absolute Gasteiger partial charge is 0.0184 e. The van der Waals surface area contributed by atoms with Gasteiger partial charge in [-0.15, -0.1) is 0 Å². The maximum Gasteiger partial charge on any atom is 0.0184 e. The minimum atomic E-state index is 0.841. The van der Waals surface area contributed by atoms with Crippen LogP contribution in [0.25, 0.3) is 0 Å². The van der Waals surface area contributed by atoms with Gasteiger partial charge < -0.3 is 0 Å². The molecular formula is C8H12BrI. The van der Waals surface area contributed by atoms with Gasteiger partial charge in [0.25, 0.3) is 0 Å². The first kappa shape index (κ1) is 7.84. The highest BCUT2D eigenvalue weighted by Crippen LogP contribution is 2.47. The van der Waals surface area contributed by atoms with E-state index in [1.807, 2.05) is 0 Å². The summed E-state index contributed by atoms with van der Waals surface area (Å²) in [7, 11) is 0. The molecular weight excluding hydrogens is 303 g/mol. The third-order valence-corrected chi connectivity index (χ3v) is 5.63. The van der Waals surface area contributed by atoms with Crippen molar-refractivity contribution in [1.29, 1.82) is 0 Å². The van der Waals surface area contributed by atoms with Crippen molar-refractivity contribution >= 4 is 38.5 Å². The Balaban J connectivity index is 2.09. The molecule has 4 atom stereocenters. The molecule has 10 heavy (non-hydrogen) atoms. The van der Waals surface area contributed by atoms with Gasteiger partial charge in [0, 0.05) is 8.75 Å². The molecule has 2 heteroatoms. The molecule has 0 saturated heterocycles. The Morgan fingerprint density at radius 3 is 2.60 bits per heavy atom. The summed E-state index contributed by atoms with van der Waals surface area (Å²) in [5.74, 6) is 2.09. The van der Waals surface area contributed by atoms with Crippen molar-refractivity contribution in [2.75, 3.05) is 0 Å². The molecule has 2 aliphatic carbocycles. The maximum atomic E-state index is 3.78. The lowest BCUT2D eigenvalue weighted by molar-refractivity contribution is 0.393. The summed E-state index contributed by atoms with van der Waals surface area (Å²) in [6.45, 7) is 0. The van der Waals surface area contributed by atoms with Gasteiger partial charge in [0.1, 0.15) is 0 Å². The van der Waals surface area contributed by atoms with E-state index >= 15 is 0 Å². The van der Waals surface area contributed by atoms with Crippen LogP contribution < -0.4 is 0 Å². The lowest BCUT2D eigenvalue weighted by Crippen LogP contribution is -2.25. The van der Waals surface area contributed by atoms with E-state index in [-0.39, 0.29) is 0 Å². The van der Waals surface area contributed by atoms with Crippen molar-refractivity contribution in [2.45, 2.75) is 34.4 Å². The van der Waals surface area contributed by atoms with Gasteiger partial charge in [-0.1, -0.05) is 38.5 Å². The third kappa shape index (κ3) is 1.26. The summed E-state index contributed by atoms with van der Waals surface area (Å²) in [4.78, 5) is 0.841. The van der Waals surface area contributed by atoms with E-state index in [9.17, 15) is 0 Å². The van der Waals surface area contributed by atoms with Gasteiger partial charge in [-0.2, -0.15) is 0 Å². The predicted molar refractivity (Wildman–Crippen MR) is 56.0 cm³/mol. The summed E-state index contributed by atoms with van der Waals surface area (Å²) >= 11 is 6.41. The molecule has 0 aromatic carbocycles. The molecule has 0 aliphatic heterocycles. The minimum Gasteiger partial charge on any atom is -0.0887 e. The largest absolute Gasteiger partial charge is 0.0887 e. The van der Waals surface area contributed by atoms with Gasteiger partial charge in [0.2, 0.25) is 0 Å². The second-order valence-corrected chi connectivity index (χ2v) is 6.38. The molecule has 2 aliphatic rings. The van der Waals surface area contributed by atoms with Crippen molar-refractivity contribution in [1.82, 2.24) is 0 Å². The molecule has 0 aromatic heterocycles. The number of rotatable bonds is 0. The zero-order valence-electron chi connectivity index (χ0n) is 5.89. The van der Waals surface area contributed by atoms with Crippen LogP contribution in [0.4, 0.5) is 0 Å². The molecule has 0 heterocycles. The first-order valence-corrected chi connectivity index (χ1v) is 6.21. The van der Waals surface area contributed by atoms with Gasteiger partial charge in [-0.3, -0.25) is 0 Å². The van der Waals surface area contributed by atoms with Crippen molar-refractivity contribution < 1.29 is 0 Å². The second-order valence-electron chi connectivity index (χ2n) is 3.60. The molecule has 0 amide bonds. The molecule has 4 unspecified atom stereocenters. The van der Waals surface area contributed by atoms with Crippen LogP contribution in [0.5, 0.6) is 0 Å². The quantitative estimate of drug-likeness (QED) is 0.475. The standard InChI is InChI=1S/C8H12BrI/c9-7-4-8(10)6-2-1-5(7)3-6/h5-8H,1-4H2. The molecule has 58 valence electrons. The highest BCUT2D eigenvalue weighted by molar-refractivity contribution is 14.1. The molecule has 0 radical (unpaired) electrons. The molecule has 0 nitrogen and oxygen atoms in total. The normalized spacial score (nSPS) is 53.4. The number of alkyl halides is 2. The lowest BCUT2D eigenvalue weighted by atomic mass is 9.89. The molecule has 2 saturated carbocycles. The Kier molecular flexibility index (Phi) is 2.29. The topological polar surface area (TPSA) is 0 Å². The fourth-order valence-corrected chi connectivity index (χ4v) is 5.09. The Morgan fingerprint density at radius 2 is 1.80 bits per heavy atom. The van der Waals surface area contributed by atoms with Crippen LogP contribution in [0, 0.1) is 11.8 Å². The molecule has 0 spiro atoms. The van der Waals surface area contributed by atoms with Crippen LogP contribution in [-0.2, 0) is 0 Å². The minimum absolute atomic E-state index is 0.841. The Hall–Kier alpha value is 1.21. The number of hydrogen-bond donors (Lipinski definition) is 0. The highest BCUT2D eigenvalue weighted by atomic mass is 127. The summed E-state index contributed by atoms with van der Waals surface area (Å²) in [5, 5.41) is 0. The monoisotopic (exact) mass is 314 g/mol. The van der Waals surface area contributed by atoms with Gasteiger partial charge in [0.05, 0.1) is 0 Å². The summed E-state index contributed by atoms with van der Waals surface area (Å²) < 4.78 is 0.959. The molecule has 2 fully saturated rings. The molecule has 0 aromatic rings. The first-order valence-electron chi connectivity index (χ1n) is 4.05.